The van der Waals surface area contributed by atoms with Crippen LogP contribution in [-0.4, -0.2) is 24.5 Å². The van der Waals surface area contributed by atoms with Crippen molar-refractivity contribution in [2.75, 3.05) is 6.54 Å². The van der Waals surface area contributed by atoms with Crippen molar-refractivity contribution in [3.8, 4) is 11.3 Å². The summed E-state index contributed by atoms with van der Waals surface area (Å²) in [5, 5.41) is 0. The van der Waals surface area contributed by atoms with E-state index in [9.17, 15) is 13.2 Å². The first-order valence-electron chi connectivity index (χ1n) is 8.55. The molecule has 27 heavy (non-hydrogen) atoms. The zero-order valence-electron chi connectivity index (χ0n) is 15.2. The summed E-state index contributed by atoms with van der Waals surface area (Å²) in [6.45, 7) is 4.00. The van der Waals surface area contributed by atoms with E-state index in [4.69, 9.17) is 0 Å². The van der Waals surface area contributed by atoms with Gasteiger partial charge in [0, 0.05) is 24.7 Å². The normalized spacial score (nSPS) is 11.5. The minimum absolute atomic E-state index is 0.0988. The van der Waals surface area contributed by atoms with E-state index in [0.29, 0.717) is 5.69 Å². The Labute approximate surface area is 158 Å². The fourth-order valence-electron chi connectivity index (χ4n) is 2.83. The Bertz CT molecular complexity index is 1090. The molecule has 140 valence electrons. The number of hydrogen-bond acceptors (Lipinski definition) is 4. The molecule has 0 saturated heterocycles. The van der Waals surface area contributed by atoms with Crippen molar-refractivity contribution in [2.24, 2.45) is 0 Å². The maximum Gasteiger partial charge on any atom is 0.253 e. The smallest absolute Gasteiger partial charge is 0.253 e. The predicted octanol–water partition coefficient (Wildman–Crippen LogP) is 2.51. The van der Waals surface area contributed by atoms with Crippen LogP contribution >= 0.6 is 0 Å². The fraction of sp³-hybridized carbons (Fsp3) is 0.200. The number of rotatable bonds is 6. The first-order valence-corrected chi connectivity index (χ1v) is 10.0. The van der Waals surface area contributed by atoms with Gasteiger partial charge in [-0.15, -0.1) is 0 Å². The highest BCUT2D eigenvalue weighted by Gasteiger charge is 2.14. The summed E-state index contributed by atoms with van der Waals surface area (Å²) in [6, 6.07) is 16.0. The highest BCUT2D eigenvalue weighted by Crippen LogP contribution is 2.14. The summed E-state index contributed by atoms with van der Waals surface area (Å²) in [5.41, 5.74) is 2.99. The van der Waals surface area contributed by atoms with E-state index in [1.807, 2.05) is 50.2 Å². The number of benzene rings is 2. The van der Waals surface area contributed by atoms with Gasteiger partial charge in [0.15, 0.2) is 0 Å². The van der Waals surface area contributed by atoms with E-state index in [1.54, 1.807) is 12.1 Å². The topological polar surface area (TPSA) is 81.1 Å². The molecule has 1 heterocycles. The van der Waals surface area contributed by atoms with Crippen molar-refractivity contribution in [3.63, 3.8) is 0 Å². The van der Waals surface area contributed by atoms with Gasteiger partial charge >= 0.3 is 0 Å². The lowest BCUT2D eigenvalue weighted by molar-refractivity contribution is 0.568. The van der Waals surface area contributed by atoms with Crippen molar-refractivity contribution in [2.45, 2.75) is 25.3 Å². The Morgan fingerprint density at radius 3 is 2.30 bits per heavy atom. The molecular formula is C20H21N3O3S. The third kappa shape index (κ3) is 4.69. The van der Waals surface area contributed by atoms with Crippen LogP contribution in [0.5, 0.6) is 0 Å². The van der Waals surface area contributed by atoms with Crippen LogP contribution in [0.15, 0.2) is 70.6 Å². The summed E-state index contributed by atoms with van der Waals surface area (Å²) in [5.74, 6) is 0. The Morgan fingerprint density at radius 2 is 1.67 bits per heavy atom. The van der Waals surface area contributed by atoms with Gasteiger partial charge in [-0.05, 0) is 37.1 Å². The van der Waals surface area contributed by atoms with Gasteiger partial charge in [-0.25, -0.2) is 18.1 Å². The minimum atomic E-state index is -3.63. The molecule has 3 rings (SSSR count). The molecule has 7 heteroatoms. The van der Waals surface area contributed by atoms with Crippen LogP contribution in [0, 0.1) is 13.8 Å². The fourth-order valence-corrected chi connectivity index (χ4v) is 4.04. The van der Waals surface area contributed by atoms with Crippen LogP contribution in [-0.2, 0) is 16.6 Å². The molecule has 1 N–H and O–H groups in total. The van der Waals surface area contributed by atoms with E-state index in [-0.39, 0.29) is 23.5 Å². The Morgan fingerprint density at radius 1 is 1.00 bits per heavy atom. The molecule has 0 unspecified atom stereocenters. The molecule has 0 fully saturated rings. The van der Waals surface area contributed by atoms with E-state index >= 15 is 0 Å². The lowest BCUT2D eigenvalue weighted by Crippen LogP contribution is -2.31. The highest BCUT2D eigenvalue weighted by atomic mass is 32.2. The first-order chi connectivity index (χ1) is 12.8. The van der Waals surface area contributed by atoms with Crippen LogP contribution in [0.2, 0.25) is 0 Å². The van der Waals surface area contributed by atoms with Gasteiger partial charge in [0.25, 0.3) is 5.56 Å². The monoisotopic (exact) mass is 383 g/mol. The van der Waals surface area contributed by atoms with Gasteiger partial charge < -0.3 is 0 Å². The minimum Gasteiger partial charge on any atom is -0.298 e. The van der Waals surface area contributed by atoms with Crippen molar-refractivity contribution in [1.29, 1.82) is 0 Å². The van der Waals surface area contributed by atoms with Gasteiger partial charge in [0.2, 0.25) is 10.0 Å². The summed E-state index contributed by atoms with van der Waals surface area (Å²) in [6.07, 6.45) is 1.44. The van der Waals surface area contributed by atoms with E-state index in [0.717, 1.165) is 16.7 Å². The Balaban J connectivity index is 1.69. The average molecular weight is 383 g/mol. The van der Waals surface area contributed by atoms with Gasteiger partial charge in [0.05, 0.1) is 16.9 Å². The molecule has 1 aromatic heterocycles. The summed E-state index contributed by atoms with van der Waals surface area (Å²) in [7, 11) is -3.63. The number of aromatic nitrogens is 2. The third-order valence-corrected chi connectivity index (χ3v) is 5.54. The molecule has 6 nitrogen and oxygen atoms in total. The number of nitrogens with one attached hydrogen (secondary N) is 1. The van der Waals surface area contributed by atoms with Crippen LogP contribution in [0.1, 0.15) is 11.1 Å². The van der Waals surface area contributed by atoms with Gasteiger partial charge in [-0.3, -0.25) is 9.36 Å². The third-order valence-electron chi connectivity index (χ3n) is 4.10. The van der Waals surface area contributed by atoms with E-state index < -0.39 is 10.0 Å². The largest absolute Gasteiger partial charge is 0.298 e. The second-order valence-corrected chi connectivity index (χ2v) is 8.16. The molecule has 0 aliphatic heterocycles. The highest BCUT2D eigenvalue weighted by molar-refractivity contribution is 7.89. The van der Waals surface area contributed by atoms with Crippen LogP contribution in [0.25, 0.3) is 11.3 Å². The van der Waals surface area contributed by atoms with Gasteiger partial charge in [0.1, 0.15) is 0 Å². The maximum absolute atomic E-state index is 12.4. The van der Waals surface area contributed by atoms with E-state index in [2.05, 4.69) is 9.71 Å². The first kappa shape index (κ1) is 19.0. The standard InChI is InChI=1S/C20H21N3O3S/c1-15-10-16(2)12-18(11-15)27(25,26)22-8-9-23-14-21-19(13-20(23)24)17-6-4-3-5-7-17/h3-7,10-14,22H,8-9H2,1-2H3. The molecule has 0 aliphatic carbocycles. The van der Waals surface area contributed by atoms with Crippen molar-refractivity contribution in [3.05, 3.63) is 82.4 Å². The molecular weight excluding hydrogens is 362 g/mol. The van der Waals surface area contributed by atoms with Crippen LogP contribution < -0.4 is 10.3 Å². The second-order valence-electron chi connectivity index (χ2n) is 6.39. The number of hydrogen-bond donors (Lipinski definition) is 1. The maximum atomic E-state index is 12.4. The molecule has 0 saturated carbocycles. The molecule has 0 amide bonds. The quantitative estimate of drug-likeness (QED) is 0.709. The van der Waals surface area contributed by atoms with Crippen molar-refractivity contribution in [1.82, 2.24) is 14.3 Å². The van der Waals surface area contributed by atoms with E-state index in [1.165, 1.54) is 17.0 Å². The molecule has 0 radical (unpaired) electrons. The summed E-state index contributed by atoms with van der Waals surface area (Å²) in [4.78, 5) is 16.8. The molecule has 2 aromatic carbocycles. The van der Waals surface area contributed by atoms with Crippen LogP contribution in [0.4, 0.5) is 0 Å². The molecule has 0 aliphatic rings. The molecule has 0 bridgehead atoms. The predicted molar refractivity (Wildman–Crippen MR) is 105 cm³/mol. The lowest BCUT2D eigenvalue weighted by Gasteiger charge is -2.10. The molecule has 0 atom stereocenters. The Hall–Kier alpha value is -2.77. The number of nitrogens with zero attached hydrogens (tertiary/aromatic N) is 2. The zero-order chi connectivity index (χ0) is 19.4. The summed E-state index contributed by atoms with van der Waals surface area (Å²) >= 11 is 0. The van der Waals surface area contributed by atoms with Crippen molar-refractivity contribution >= 4 is 10.0 Å². The average Bonchev–Trinajstić information content (AvgIpc) is 2.63. The SMILES string of the molecule is Cc1cc(C)cc(S(=O)(=O)NCCn2cnc(-c3ccccc3)cc2=O)c1. The van der Waals surface area contributed by atoms with Crippen LogP contribution in [0.3, 0.4) is 0 Å². The van der Waals surface area contributed by atoms with Gasteiger partial charge in [-0.2, -0.15) is 0 Å². The zero-order valence-corrected chi connectivity index (χ0v) is 16.0. The number of aryl methyl sites for hydroxylation is 2. The lowest BCUT2D eigenvalue weighted by atomic mass is 10.1. The van der Waals surface area contributed by atoms with Gasteiger partial charge in [-0.1, -0.05) is 36.4 Å². The second kappa shape index (κ2) is 7.85. The molecule has 0 spiro atoms. The van der Waals surface area contributed by atoms with Crippen molar-refractivity contribution < 1.29 is 8.42 Å². The molecule has 3 aromatic rings. The Kier molecular flexibility index (Phi) is 5.53. The summed E-state index contributed by atoms with van der Waals surface area (Å²) < 4.78 is 28.8. The number of sulfonamides is 1.